The minimum Gasteiger partial charge on any atom is -0.392 e. The molecule has 1 amide bonds. The molecule has 0 aromatic heterocycles. The molecule has 1 aliphatic rings. The number of nitrogens with two attached hydrogens (primary N) is 1. The van der Waals surface area contributed by atoms with E-state index in [1.54, 1.807) is 0 Å². The standard InChI is InChI=1S/C7H14N2O2.CH3N/c8-7(11)5-9-3-1-2-6(10)4-9;1-2/h6,10H,1-5H2,(H2,8,11);2H,1H2. The average Bonchev–Trinajstić information content (AvgIpc) is 2.06. The summed E-state index contributed by atoms with van der Waals surface area (Å²) in [6.45, 7) is 4.24. The Balaban J connectivity index is 0.000000671. The van der Waals surface area contributed by atoms with Crippen LogP contribution in [0.1, 0.15) is 12.8 Å². The van der Waals surface area contributed by atoms with Gasteiger partial charge in [0.2, 0.25) is 5.91 Å². The summed E-state index contributed by atoms with van der Waals surface area (Å²) in [4.78, 5) is 12.4. The molecule has 0 aliphatic carbocycles. The van der Waals surface area contributed by atoms with E-state index in [-0.39, 0.29) is 18.6 Å². The van der Waals surface area contributed by atoms with Crippen LogP contribution in [-0.2, 0) is 4.79 Å². The van der Waals surface area contributed by atoms with Crippen molar-refractivity contribution in [1.82, 2.24) is 4.90 Å². The molecule has 1 atom stereocenters. The van der Waals surface area contributed by atoms with Gasteiger partial charge in [0.15, 0.2) is 0 Å². The van der Waals surface area contributed by atoms with Crippen LogP contribution < -0.4 is 5.73 Å². The van der Waals surface area contributed by atoms with E-state index in [1.165, 1.54) is 0 Å². The van der Waals surface area contributed by atoms with Crippen LogP contribution in [0.15, 0.2) is 0 Å². The van der Waals surface area contributed by atoms with Crippen molar-refractivity contribution >= 4 is 12.6 Å². The summed E-state index contributed by atoms with van der Waals surface area (Å²) in [6, 6.07) is 0. The van der Waals surface area contributed by atoms with Gasteiger partial charge in [0.25, 0.3) is 0 Å². The molecule has 1 aliphatic heterocycles. The smallest absolute Gasteiger partial charge is 0.231 e. The number of amides is 1. The predicted molar refractivity (Wildman–Crippen MR) is 50.7 cm³/mol. The number of nitrogens with one attached hydrogen (secondary N) is 1. The van der Waals surface area contributed by atoms with Gasteiger partial charge in [0.1, 0.15) is 0 Å². The lowest BCUT2D eigenvalue weighted by Crippen LogP contribution is -2.42. The van der Waals surface area contributed by atoms with Gasteiger partial charge in [-0.15, -0.1) is 0 Å². The molecule has 0 aromatic carbocycles. The quantitative estimate of drug-likeness (QED) is 0.494. The molecule has 1 rings (SSSR count). The molecule has 5 heteroatoms. The molecule has 13 heavy (non-hydrogen) atoms. The second-order valence-electron chi connectivity index (χ2n) is 3.00. The molecule has 0 aromatic rings. The van der Waals surface area contributed by atoms with Gasteiger partial charge in [0, 0.05) is 6.54 Å². The molecular weight excluding hydrogens is 170 g/mol. The van der Waals surface area contributed by atoms with Crippen LogP contribution in [0.25, 0.3) is 0 Å². The van der Waals surface area contributed by atoms with Crippen molar-refractivity contribution in [3.05, 3.63) is 0 Å². The van der Waals surface area contributed by atoms with E-state index in [0.29, 0.717) is 6.54 Å². The normalized spacial score (nSPS) is 23.0. The van der Waals surface area contributed by atoms with Crippen LogP contribution in [0, 0.1) is 5.41 Å². The number of carbonyl (C=O) groups excluding carboxylic acids is 1. The van der Waals surface area contributed by atoms with E-state index in [9.17, 15) is 9.90 Å². The van der Waals surface area contributed by atoms with Gasteiger partial charge in [-0.05, 0) is 26.1 Å². The lowest BCUT2D eigenvalue weighted by Gasteiger charge is -2.28. The summed E-state index contributed by atoms with van der Waals surface area (Å²) in [5.41, 5.74) is 5.01. The Morgan fingerprint density at radius 3 is 2.77 bits per heavy atom. The molecule has 1 fully saturated rings. The van der Waals surface area contributed by atoms with Gasteiger partial charge in [-0.1, -0.05) is 0 Å². The molecule has 0 bridgehead atoms. The van der Waals surface area contributed by atoms with Crippen molar-refractivity contribution in [1.29, 1.82) is 5.41 Å². The summed E-state index contributed by atoms with van der Waals surface area (Å²) >= 11 is 0. The number of aliphatic hydroxyl groups excluding tert-OH is 1. The zero-order chi connectivity index (χ0) is 10.3. The van der Waals surface area contributed by atoms with E-state index in [2.05, 4.69) is 6.72 Å². The minimum absolute atomic E-state index is 0.275. The van der Waals surface area contributed by atoms with Gasteiger partial charge in [-0.25, -0.2) is 0 Å². The first-order valence-corrected chi connectivity index (χ1v) is 4.22. The van der Waals surface area contributed by atoms with Crippen molar-refractivity contribution in [2.45, 2.75) is 18.9 Å². The van der Waals surface area contributed by atoms with Crippen LogP contribution in [0.5, 0.6) is 0 Å². The molecule has 4 N–H and O–H groups in total. The van der Waals surface area contributed by atoms with Crippen LogP contribution in [0.3, 0.4) is 0 Å². The molecule has 76 valence electrons. The summed E-state index contributed by atoms with van der Waals surface area (Å²) in [5.74, 6) is -0.320. The number of hydrogen-bond acceptors (Lipinski definition) is 4. The highest BCUT2D eigenvalue weighted by molar-refractivity contribution is 5.75. The van der Waals surface area contributed by atoms with Gasteiger partial charge < -0.3 is 16.2 Å². The van der Waals surface area contributed by atoms with Gasteiger partial charge >= 0.3 is 0 Å². The third kappa shape index (κ3) is 5.32. The topological polar surface area (TPSA) is 90.4 Å². The largest absolute Gasteiger partial charge is 0.392 e. The Bertz CT molecular complexity index is 163. The maximum absolute atomic E-state index is 10.5. The maximum atomic E-state index is 10.5. The monoisotopic (exact) mass is 187 g/mol. The number of β-amino-alcohol motifs (C(OH)–C–C–N with tert-alkyl or cyclic N) is 1. The summed E-state index contributed by atoms with van der Waals surface area (Å²) in [7, 11) is 0. The van der Waals surface area contributed by atoms with Gasteiger partial charge in [-0.2, -0.15) is 0 Å². The van der Waals surface area contributed by atoms with Crippen molar-refractivity contribution in [2.24, 2.45) is 5.73 Å². The van der Waals surface area contributed by atoms with Gasteiger partial charge in [0.05, 0.1) is 12.6 Å². The Hall–Kier alpha value is -0.940. The third-order valence-corrected chi connectivity index (χ3v) is 1.86. The lowest BCUT2D eigenvalue weighted by atomic mass is 10.1. The Kier molecular flexibility index (Phi) is 6.09. The Morgan fingerprint density at radius 2 is 2.31 bits per heavy atom. The predicted octanol–water partition coefficient (Wildman–Crippen LogP) is -0.806. The molecule has 1 saturated heterocycles. The fraction of sp³-hybridized carbons (Fsp3) is 0.750. The SMILES string of the molecule is C=N.NC(=O)CN1CCCC(O)C1. The number of piperidine rings is 1. The van der Waals surface area contributed by atoms with Crippen LogP contribution >= 0.6 is 0 Å². The molecule has 0 spiro atoms. The summed E-state index contributed by atoms with van der Waals surface area (Å²) < 4.78 is 0. The highest BCUT2D eigenvalue weighted by Crippen LogP contribution is 2.08. The molecular formula is C8H17N3O2. The van der Waals surface area contributed by atoms with E-state index < -0.39 is 0 Å². The Labute approximate surface area is 78.0 Å². The van der Waals surface area contributed by atoms with Gasteiger partial charge in [-0.3, -0.25) is 9.69 Å². The number of carbonyl (C=O) groups is 1. The molecule has 1 unspecified atom stereocenters. The number of rotatable bonds is 2. The van der Waals surface area contributed by atoms with Crippen LogP contribution in [0.4, 0.5) is 0 Å². The number of aliphatic hydroxyl groups is 1. The highest BCUT2D eigenvalue weighted by Gasteiger charge is 2.18. The number of nitrogens with zero attached hydrogens (tertiary/aromatic N) is 1. The van der Waals surface area contributed by atoms with Crippen LogP contribution in [0.2, 0.25) is 0 Å². The van der Waals surface area contributed by atoms with E-state index in [4.69, 9.17) is 11.1 Å². The van der Waals surface area contributed by atoms with E-state index >= 15 is 0 Å². The fourth-order valence-electron chi connectivity index (χ4n) is 1.40. The van der Waals surface area contributed by atoms with Crippen molar-refractivity contribution < 1.29 is 9.90 Å². The van der Waals surface area contributed by atoms with E-state index in [1.807, 2.05) is 4.90 Å². The summed E-state index contributed by atoms with van der Waals surface area (Å²) in [5, 5.41) is 14.7. The maximum Gasteiger partial charge on any atom is 0.231 e. The lowest BCUT2D eigenvalue weighted by molar-refractivity contribution is -0.119. The van der Waals surface area contributed by atoms with Crippen molar-refractivity contribution in [2.75, 3.05) is 19.6 Å². The van der Waals surface area contributed by atoms with Crippen molar-refractivity contribution in [3.8, 4) is 0 Å². The molecule has 5 nitrogen and oxygen atoms in total. The molecule has 0 saturated carbocycles. The fourth-order valence-corrected chi connectivity index (χ4v) is 1.40. The number of hydrogen-bond donors (Lipinski definition) is 3. The molecule has 1 heterocycles. The first-order chi connectivity index (χ1) is 6.18. The minimum atomic E-state index is -0.320. The first-order valence-electron chi connectivity index (χ1n) is 4.22. The van der Waals surface area contributed by atoms with E-state index in [0.717, 1.165) is 19.4 Å². The first kappa shape index (κ1) is 12.1. The zero-order valence-corrected chi connectivity index (χ0v) is 7.70. The number of likely N-dealkylation sites (tertiary alicyclic amines) is 1. The third-order valence-electron chi connectivity index (χ3n) is 1.86. The number of primary amides is 1. The highest BCUT2D eigenvalue weighted by atomic mass is 16.3. The Morgan fingerprint density at radius 1 is 1.69 bits per heavy atom. The molecule has 0 radical (unpaired) electrons. The zero-order valence-electron chi connectivity index (χ0n) is 7.70. The van der Waals surface area contributed by atoms with Crippen molar-refractivity contribution in [3.63, 3.8) is 0 Å². The second kappa shape index (κ2) is 6.56. The summed E-state index contributed by atoms with van der Waals surface area (Å²) in [6.07, 6.45) is 1.52. The average molecular weight is 187 g/mol. The second-order valence-corrected chi connectivity index (χ2v) is 3.00. The van der Waals surface area contributed by atoms with Crippen LogP contribution in [-0.4, -0.2) is 48.4 Å².